The molecule has 1 aliphatic rings. The molecular weight excluding hydrogens is 223 g/mol. The highest BCUT2D eigenvalue weighted by molar-refractivity contribution is 5.92. The lowest BCUT2D eigenvalue weighted by molar-refractivity contribution is 0.0600. The number of nitrogens with one attached hydrogen (secondary N) is 1. The first-order valence-corrected chi connectivity index (χ1v) is 5.25. The van der Waals surface area contributed by atoms with E-state index in [1.54, 1.807) is 0 Å². The third-order valence-electron chi connectivity index (χ3n) is 2.65. The number of rotatable bonds is 2. The lowest BCUT2D eigenvalue weighted by Crippen LogP contribution is -2.11. The van der Waals surface area contributed by atoms with Crippen molar-refractivity contribution in [3.63, 3.8) is 0 Å². The smallest absolute Gasteiger partial charge is 0.337 e. The van der Waals surface area contributed by atoms with Gasteiger partial charge in [-0.1, -0.05) is 6.08 Å². The summed E-state index contributed by atoms with van der Waals surface area (Å²) in [4.78, 5) is 11.4. The molecule has 1 aromatic rings. The molecule has 0 unspecified atom stereocenters. The molecule has 0 aromatic heterocycles. The molecule has 4 nitrogen and oxygen atoms in total. The molecule has 90 valence electrons. The lowest BCUT2D eigenvalue weighted by Gasteiger charge is -2.10. The Morgan fingerprint density at radius 2 is 2.29 bits per heavy atom. The van der Waals surface area contributed by atoms with Gasteiger partial charge in [-0.05, 0) is 18.6 Å². The number of esters is 1. The van der Waals surface area contributed by atoms with Gasteiger partial charge in [-0.25, -0.2) is 9.18 Å². The molecule has 5 heteroatoms. The second kappa shape index (κ2) is 4.45. The fraction of sp³-hybridized carbons (Fsp3) is 0.250. The van der Waals surface area contributed by atoms with Gasteiger partial charge in [0.15, 0.2) is 0 Å². The van der Waals surface area contributed by atoms with Crippen molar-refractivity contribution >= 4 is 17.4 Å². The number of nitrogens with two attached hydrogens (primary N) is 1. The van der Waals surface area contributed by atoms with Crippen molar-refractivity contribution in [1.29, 1.82) is 0 Å². The Balaban J connectivity index is 2.50. The molecular formula is C12H13FN2O2. The number of carbonyl (C=O) groups excluding carboxylic acids is 1. The van der Waals surface area contributed by atoms with E-state index in [1.165, 1.54) is 13.2 Å². The van der Waals surface area contributed by atoms with E-state index >= 15 is 0 Å². The number of benzene rings is 1. The van der Waals surface area contributed by atoms with Crippen LogP contribution >= 0.6 is 0 Å². The Morgan fingerprint density at radius 3 is 2.88 bits per heavy atom. The van der Waals surface area contributed by atoms with Gasteiger partial charge in [0.2, 0.25) is 0 Å². The maximum Gasteiger partial charge on any atom is 0.337 e. The zero-order chi connectivity index (χ0) is 12.4. The highest BCUT2D eigenvalue weighted by Crippen LogP contribution is 2.26. The molecule has 1 aliphatic heterocycles. The number of hydrogen-bond donors (Lipinski definition) is 2. The van der Waals surface area contributed by atoms with Crippen LogP contribution in [0.3, 0.4) is 0 Å². The van der Waals surface area contributed by atoms with Gasteiger partial charge in [0.25, 0.3) is 0 Å². The maximum atomic E-state index is 13.6. The molecule has 2 rings (SSSR count). The minimum absolute atomic E-state index is 0.0401. The molecule has 1 aromatic carbocycles. The van der Waals surface area contributed by atoms with Crippen LogP contribution in [0.25, 0.3) is 5.70 Å². The van der Waals surface area contributed by atoms with Crippen molar-refractivity contribution in [3.8, 4) is 0 Å². The Labute approximate surface area is 98.3 Å². The number of methoxy groups -OCH3 is 1. The number of carbonyl (C=O) groups is 1. The predicted molar refractivity (Wildman–Crippen MR) is 62.7 cm³/mol. The van der Waals surface area contributed by atoms with E-state index in [2.05, 4.69) is 10.1 Å². The number of nitrogen functional groups attached to an aromatic ring is 1. The van der Waals surface area contributed by atoms with Crippen molar-refractivity contribution in [2.75, 3.05) is 19.4 Å². The van der Waals surface area contributed by atoms with Gasteiger partial charge in [0.1, 0.15) is 5.82 Å². The van der Waals surface area contributed by atoms with Gasteiger partial charge in [0, 0.05) is 17.8 Å². The number of anilines is 1. The van der Waals surface area contributed by atoms with E-state index in [4.69, 9.17) is 5.73 Å². The van der Waals surface area contributed by atoms with Gasteiger partial charge in [-0.2, -0.15) is 0 Å². The summed E-state index contributed by atoms with van der Waals surface area (Å²) >= 11 is 0. The molecule has 0 amide bonds. The quantitative estimate of drug-likeness (QED) is 0.603. The Hall–Kier alpha value is -2.04. The molecule has 0 atom stereocenters. The van der Waals surface area contributed by atoms with Gasteiger partial charge in [-0.15, -0.1) is 0 Å². The molecule has 0 radical (unpaired) electrons. The first-order chi connectivity index (χ1) is 8.13. The molecule has 0 saturated heterocycles. The molecule has 17 heavy (non-hydrogen) atoms. The Morgan fingerprint density at radius 1 is 1.53 bits per heavy atom. The van der Waals surface area contributed by atoms with Crippen molar-refractivity contribution < 1.29 is 13.9 Å². The van der Waals surface area contributed by atoms with E-state index in [1.807, 2.05) is 6.08 Å². The minimum Gasteiger partial charge on any atom is -0.465 e. The third-order valence-corrected chi connectivity index (χ3v) is 2.65. The second-order valence-corrected chi connectivity index (χ2v) is 3.74. The zero-order valence-electron chi connectivity index (χ0n) is 9.42. The normalized spacial score (nSPS) is 14.1. The molecule has 0 spiro atoms. The monoisotopic (exact) mass is 236 g/mol. The molecule has 3 N–H and O–H groups in total. The summed E-state index contributed by atoms with van der Waals surface area (Å²) in [7, 11) is 1.25. The summed E-state index contributed by atoms with van der Waals surface area (Å²) in [6, 6.07) is 2.62. The van der Waals surface area contributed by atoms with E-state index in [9.17, 15) is 9.18 Å². The fourth-order valence-electron chi connectivity index (χ4n) is 1.78. The Bertz CT molecular complexity index is 498. The summed E-state index contributed by atoms with van der Waals surface area (Å²) < 4.78 is 18.2. The maximum absolute atomic E-state index is 13.6. The minimum atomic E-state index is -0.613. The van der Waals surface area contributed by atoms with Crippen LogP contribution in [-0.4, -0.2) is 19.6 Å². The summed E-state index contributed by atoms with van der Waals surface area (Å²) in [5, 5.41) is 3.09. The lowest BCUT2D eigenvalue weighted by atomic mass is 10.1. The topological polar surface area (TPSA) is 64.3 Å². The van der Waals surface area contributed by atoms with Gasteiger partial charge >= 0.3 is 5.97 Å². The van der Waals surface area contributed by atoms with E-state index in [0.29, 0.717) is 5.56 Å². The van der Waals surface area contributed by atoms with E-state index < -0.39 is 11.8 Å². The summed E-state index contributed by atoms with van der Waals surface area (Å²) in [5.74, 6) is -1.19. The van der Waals surface area contributed by atoms with Crippen LogP contribution in [0.2, 0.25) is 0 Å². The number of halogens is 1. The van der Waals surface area contributed by atoms with Crippen LogP contribution < -0.4 is 11.1 Å². The number of ether oxygens (including phenoxy) is 1. The summed E-state index contributed by atoms with van der Waals surface area (Å²) in [6.07, 6.45) is 2.78. The van der Waals surface area contributed by atoms with Gasteiger partial charge in [-0.3, -0.25) is 0 Å². The van der Waals surface area contributed by atoms with E-state index in [-0.39, 0.29) is 11.3 Å². The van der Waals surface area contributed by atoms with Crippen LogP contribution in [0.1, 0.15) is 22.3 Å². The van der Waals surface area contributed by atoms with Crippen LogP contribution in [0.4, 0.5) is 10.1 Å². The predicted octanol–water partition coefficient (Wildman–Crippen LogP) is 1.53. The summed E-state index contributed by atoms with van der Waals surface area (Å²) in [6.45, 7) is 0.791. The first-order valence-electron chi connectivity index (χ1n) is 5.25. The molecule has 1 heterocycles. The van der Waals surface area contributed by atoms with Crippen LogP contribution in [-0.2, 0) is 4.74 Å². The number of hydrogen-bond acceptors (Lipinski definition) is 4. The SMILES string of the molecule is COC(=O)c1cc(F)c(N)c(C2=CCCN2)c1. The highest BCUT2D eigenvalue weighted by atomic mass is 19.1. The first kappa shape index (κ1) is 11.4. The third kappa shape index (κ3) is 2.08. The molecule has 0 saturated carbocycles. The standard InChI is InChI=1S/C12H13FN2O2/c1-17-12(16)7-5-8(10-3-2-4-15-10)11(14)9(13)6-7/h3,5-6,15H,2,4,14H2,1H3. The Kier molecular flexibility index (Phi) is 2.99. The van der Waals surface area contributed by atoms with Gasteiger partial charge < -0.3 is 15.8 Å². The van der Waals surface area contributed by atoms with Gasteiger partial charge in [0.05, 0.1) is 18.4 Å². The van der Waals surface area contributed by atoms with Crippen LogP contribution in [0, 0.1) is 5.82 Å². The van der Waals surface area contributed by atoms with E-state index in [0.717, 1.165) is 24.7 Å². The second-order valence-electron chi connectivity index (χ2n) is 3.74. The molecule has 0 fully saturated rings. The van der Waals surface area contributed by atoms with Crippen molar-refractivity contribution in [3.05, 3.63) is 35.2 Å². The zero-order valence-corrected chi connectivity index (χ0v) is 9.42. The molecule has 0 bridgehead atoms. The largest absolute Gasteiger partial charge is 0.465 e. The molecule has 0 aliphatic carbocycles. The van der Waals surface area contributed by atoms with Crippen molar-refractivity contribution in [2.24, 2.45) is 0 Å². The van der Waals surface area contributed by atoms with Crippen molar-refractivity contribution in [1.82, 2.24) is 5.32 Å². The highest BCUT2D eigenvalue weighted by Gasteiger charge is 2.17. The fourth-order valence-corrected chi connectivity index (χ4v) is 1.78. The van der Waals surface area contributed by atoms with Crippen LogP contribution in [0.15, 0.2) is 18.2 Å². The summed E-state index contributed by atoms with van der Waals surface area (Å²) in [5.41, 5.74) is 7.12. The average molecular weight is 236 g/mol. The van der Waals surface area contributed by atoms with Crippen LogP contribution in [0.5, 0.6) is 0 Å². The average Bonchev–Trinajstić information content (AvgIpc) is 2.85. The van der Waals surface area contributed by atoms with Crippen molar-refractivity contribution in [2.45, 2.75) is 6.42 Å².